The summed E-state index contributed by atoms with van der Waals surface area (Å²) in [5, 5.41) is 7.25. The molecule has 4 bridgehead atoms. The van der Waals surface area contributed by atoms with Gasteiger partial charge in [-0.25, -0.2) is 9.80 Å². The summed E-state index contributed by atoms with van der Waals surface area (Å²) in [5.74, 6) is 3.08. The molecule has 0 spiro atoms. The number of nitrogens with zero attached hydrogens (tertiary/aromatic N) is 6. The zero-order valence-electron chi connectivity index (χ0n) is 19.8. The largest absolute Gasteiger partial charge is 0.332 e. The van der Waals surface area contributed by atoms with Crippen molar-refractivity contribution in [1.29, 1.82) is 0 Å². The van der Waals surface area contributed by atoms with E-state index >= 15 is 0 Å². The Hall–Kier alpha value is -3.16. The molecule has 34 heavy (non-hydrogen) atoms. The van der Waals surface area contributed by atoms with Crippen LogP contribution in [0.2, 0.25) is 0 Å². The number of hydrazone groups is 1. The van der Waals surface area contributed by atoms with Crippen molar-refractivity contribution in [2.45, 2.75) is 51.6 Å². The first-order valence-electron chi connectivity index (χ1n) is 12.5. The van der Waals surface area contributed by atoms with Gasteiger partial charge in [-0.15, -0.1) is 0 Å². The molecule has 0 radical (unpaired) electrons. The van der Waals surface area contributed by atoms with Crippen LogP contribution >= 0.6 is 0 Å². The van der Waals surface area contributed by atoms with Crippen LogP contribution in [0.5, 0.6) is 0 Å². The van der Waals surface area contributed by atoms with Gasteiger partial charge in [0.05, 0.1) is 18.8 Å². The van der Waals surface area contributed by atoms with Crippen LogP contribution in [-0.2, 0) is 27.2 Å². The van der Waals surface area contributed by atoms with Crippen LogP contribution in [0.15, 0.2) is 45.0 Å². The molecule has 3 aromatic rings. The van der Waals surface area contributed by atoms with E-state index in [9.17, 15) is 9.59 Å². The van der Waals surface area contributed by atoms with Gasteiger partial charge in [-0.3, -0.25) is 18.5 Å². The standard InChI is InChI=1S/C26H30N6O2/c1-29-22-21(23(33)30(2)25(29)34)31-15-20(26-11-17-8-18(12-26)10-19(9-17)13-26)28-32(24(31)27-22)14-16-6-4-3-5-7-16/h3-7,17-19H,8-15H2,1-2H3. The van der Waals surface area contributed by atoms with Gasteiger partial charge in [-0.05, 0) is 61.8 Å². The maximum Gasteiger partial charge on any atom is 0.332 e. The Morgan fingerprint density at radius 1 is 0.941 bits per heavy atom. The highest BCUT2D eigenvalue weighted by molar-refractivity contribution is 5.94. The average molecular weight is 459 g/mol. The number of hydrogen-bond acceptors (Lipinski definition) is 5. The minimum Gasteiger partial charge on any atom is -0.297 e. The number of aromatic nitrogens is 4. The Morgan fingerprint density at radius 2 is 1.59 bits per heavy atom. The van der Waals surface area contributed by atoms with Crippen LogP contribution < -0.4 is 16.3 Å². The molecule has 8 rings (SSSR count). The predicted octanol–water partition coefficient (Wildman–Crippen LogP) is 3.03. The second-order valence-corrected chi connectivity index (χ2v) is 11.2. The van der Waals surface area contributed by atoms with E-state index in [4.69, 9.17) is 10.1 Å². The smallest absolute Gasteiger partial charge is 0.297 e. The van der Waals surface area contributed by atoms with Crippen molar-refractivity contribution in [2.75, 3.05) is 5.01 Å². The summed E-state index contributed by atoms with van der Waals surface area (Å²) in [6.45, 7) is 1.16. The van der Waals surface area contributed by atoms with Crippen molar-refractivity contribution >= 4 is 22.8 Å². The number of fused-ring (bicyclic) bond motifs is 3. The molecule has 4 aliphatic carbocycles. The third-order valence-electron chi connectivity index (χ3n) is 8.93. The van der Waals surface area contributed by atoms with E-state index < -0.39 is 0 Å². The van der Waals surface area contributed by atoms with Gasteiger partial charge in [0.2, 0.25) is 5.95 Å². The highest BCUT2D eigenvalue weighted by atomic mass is 16.2. The van der Waals surface area contributed by atoms with Crippen molar-refractivity contribution in [1.82, 2.24) is 18.7 Å². The molecule has 0 atom stereocenters. The van der Waals surface area contributed by atoms with Crippen molar-refractivity contribution < 1.29 is 0 Å². The normalized spacial score (nSPS) is 29.5. The number of aryl methyl sites for hydroxylation is 1. The van der Waals surface area contributed by atoms with Crippen LogP contribution in [0.4, 0.5) is 5.95 Å². The van der Waals surface area contributed by atoms with Gasteiger partial charge >= 0.3 is 5.69 Å². The molecular formula is C26H30N6O2. The molecule has 0 unspecified atom stereocenters. The molecule has 0 amide bonds. The Labute approximate surface area is 197 Å². The lowest BCUT2D eigenvalue weighted by Crippen LogP contribution is -2.52. The fraction of sp³-hybridized carbons (Fsp3) is 0.538. The molecule has 8 nitrogen and oxygen atoms in total. The monoisotopic (exact) mass is 458 g/mol. The Bertz CT molecular complexity index is 1430. The second kappa shape index (κ2) is 6.93. The van der Waals surface area contributed by atoms with Crippen LogP contribution in [0.1, 0.15) is 44.1 Å². The van der Waals surface area contributed by atoms with Crippen LogP contribution in [0.25, 0.3) is 11.2 Å². The molecule has 1 aliphatic heterocycles. The Morgan fingerprint density at radius 3 is 2.24 bits per heavy atom. The number of rotatable bonds is 3. The zero-order chi connectivity index (χ0) is 23.2. The molecular weight excluding hydrogens is 428 g/mol. The summed E-state index contributed by atoms with van der Waals surface area (Å²) >= 11 is 0. The summed E-state index contributed by atoms with van der Waals surface area (Å²) in [4.78, 5) is 30.7. The first kappa shape index (κ1) is 20.2. The van der Waals surface area contributed by atoms with E-state index in [0.717, 1.165) is 23.3 Å². The topological polar surface area (TPSA) is 77.4 Å². The molecule has 4 saturated carbocycles. The quantitative estimate of drug-likeness (QED) is 0.605. The van der Waals surface area contributed by atoms with Crippen molar-refractivity contribution in [2.24, 2.45) is 42.4 Å². The highest BCUT2D eigenvalue weighted by Crippen LogP contribution is 2.61. The minimum absolute atomic E-state index is 0.129. The first-order valence-corrected chi connectivity index (χ1v) is 12.5. The molecule has 1 aromatic carbocycles. The number of hydrogen-bond donors (Lipinski definition) is 0. The number of benzene rings is 1. The third kappa shape index (κ3) is 2.77. The summed E-state index contributed by atoms with van der Waals surface area (Å²) < 4.78 is 4.70. The fourth-order valence-corrected chi connectivity index (χ4v) is 7.75. The van der Waals surface area contributed by atoms with E-state index in [2.05, 4.69) is 12.1 Å². The van der Waals surface area contributed by atoms with Gasteiger partial charge < -0.3 is 0 Å². The summed E-state index contributed by atoms with van der Waals surface area (Å²) in [6, 6.07) is 10.3. The lowest BCUT2D eigenvalue weighted by molar-refractivity contribution is -0.0139. The molecule has 5 aliphatic rings. The highest BCUT2D eigenvalue weighted by Gasteiger charge is 2.54. The van der Waals surface area contributed by atoms with Crippen molar-refractivity contribution in [3.05, 3.63) is 56.7 Å². The van der Waals surface area contributed by atoms with E-state index in [1.807, 2.05) is 27.8 Å². The lowest BCUT2D eigenvalue weighted by Gasteiger charge is -2.57. The number of imidazole rings is 1. The van der Waals surface area contributed by atoms with E-state index in [1.165, 1.54) is 53.4 Å². The van der Waals surface area contributed by atoms with Gasteiger partial charge in [0.25, 0.3) is 5.56 Å². The maximum atomic E-state index is 13.3. The minimum atomic E-state index is -0.357. The van der Waals surface area contributed by atoms with Crippen LogP contribution in [0, 0.1) is 23.2 Å². The van der Waals surface area contributed by atoms with Crippen molar-refractivity contribution in [3.63, 3.8) is 0 Å². The maximum absolute atomic E-state index is 13.3. The lowest BCUT2D eigenvalue weighted by atomic mass is 9.48. The molecule has 3 heterocycles. The van der Waals surface area contributed by atoms with Gasteiger partial charge in [-0.2, -0.15) is 10.1 Å². The molecule has 4 fully saturated rings. The van der Waals surface area contributed by atoms with Gasteiger partial charge in [0.1, 0.15) is 0 Å². The Kier molecular flexibility index (Phi) is 4.12. The molecule has 0 N–H and O–H groups in total. The Balaban J connectivity index is 1.41. The van der Waals surface area contributed by atoms with E-state index in [-0.39, 0.29) is 16.7 Å². The average Bonchev–Trinajstić information content (AvgIpc) is 3.21. The first-order chi connectivity index (χ1) is 16.4. The van der Waals surface area contributed by atoms with Gasteiger partial charge in [-0.1, -0.05) is 30.3 Å². The molecule has 8 heteroatoms. The molecule has 2 aromatic heterocycles. The molecule has 176 valence electrons. The SMILES string of the molecule is Cn1c(=O)c2c(nc3n2CC(C24CC5CC(CC(C5)C2)C4)=NN3Cc2ccccc2)n(C)c1=O. The summed E-state index contributed by atoms with van der Waals surface area (Å²) in [5.41, 5.74) is 2.75. The zero-order valence-corrected chi connectivity index (χ0v) is 19.8. The third-order valence-corrected chi connectivity index (χ3v) is 8.93. The predicted molar refractivity (Wildman–Crippen MR) is 131 cm³/mol. The molecule has 0 saturated heterocycles. The van der Waals surface area contributed by atoms with Crippen LogP contribution in [0.3, 0.4) is 0 Å². The van der Waals surface area contributed by atoms with Gasteiger partial charge in [0, 0.05) is 19.5 Å². The second-order valence-electron chi connectivity index (χ2n) is 11.2. The van der Waals surface area contributed by atoms with E-state index in [0.29, 0.717) is 30.2 Å². The van der Waals surface area contributed by atoms with E-state index in [1.54, 1.807) is 14.1 Å². The summed E-state index contributed by atoms with van der Waals surface area (Å²) in [6.07, 6.45) is 7.78. The fourth-order valence-electron chi connectivity index (χ4n) is 7.75. The summed E-state index contributed by atoms with van der Waals surface area (Å²) in [7, 11) is 3.23. The number of anilines is 1. The van der Waals surface area contributed by atoms with Crippen molar-refractivity contribution in [3.8, 4) is 0 Å². The van der Waals surface area contributed by atoms with Crippen LogP contribution in [-0.4, -0.2) is 24.4 Å². The van der Waals surface area contributed by atoms with Gasteiger partial charge in [0.15, 0.2) is 11.2 Å².